The molecule has 0 radical (unpaired) electrons. The largest absolute Gasteiger partial charge is 0.394 e. The minimum absolute atomic E-state index is 0.149. The van der Waals surface area contributed by atoms with Gasteiger partial charge in [-0.3, -0.25) is 4.57 Å². The average molecular weight is 354 g/mol. The molecule has 3 atom stereocenters. The van der Waals surface area contributed by atoms with Crippen molar-refractivity contribution in [1.29, 1.82) is 0 Å². The lowest BCUT2D eigenvalue weighted by Crippen LogP contribution is -2.42. The Hall–Kier alpha value is -2.56. The van der Waals surface area contributed by atoms with Crippen LogP contribution in [0.15, 0.2) is 41.5 Å². The number of anilines is 1. The number of alkyl halides is 2. The lowest BCUT2D eigenvalue weighted by Gasteiger charge is -2.22. The van der Waals surface area contributed by atoms with Gasteiger partial charge in [-0.25, -0.2) is 4.79 Å². The van der Waals surface area contributed by atoms with Crippen LogP contribution < -0.4 is 16.7 Å². The summed E-state index contributed by atoms with van der Waals surface area (Å²) in [7, 11) is 0. The molecule has 0 unspecified atom stereocenters. The molecule has 1 fully saturated rings. The van der Waals surface area contributed by atoms with Gasteiger partial charge in [0.1, 0.15) is 11.9 Å². The molecule has 0 spiro atoms. The highest BCUT2D eigenvalue weighted by Gasteiger charge is 2.59. The van der Waals surface area contributed by atoms with Crippen molar-refractivity contribution in [2.45, 2.75) is 24.4 Å². The molecule has 0 saturated carbocycles. The van der Waals surface area contributed by atoms with Crippen molar-refractivity contribution in [2.75, 3.05) is 12.3 Å². The number of allylic oxidation sites excluding steroid dienone is 4. The van der Waals surface area contributed by atoms with Crippen molar-refractivity contribution in [3.63, 3.8) is 0 Å². The van der Waals surface area contributed by atoms with Crippen molar-refractivity contribution < 1.29 is 23.7 Å². The Kier molecular flexibility index (Phi) is 4.41. The number of hydrogen-bond acceptors (Lipinski definition) is 7. The molecule has 3 heterocycles. The molecule has 0 aromatic carbocycles. The summed E-state index contributed by atoms with van der Waals surface area (Å²) in [6.07, 6.45) is 3.55. The fourth-order valence-electron chi connectivity index (χ4n) is 2.60. The van der Waals surface area contributed by atoms with Crippen molar-refractivity contribution in [1.82, 2.24) is 14.9 Å². The highest BCUT2D eigenvalue weighted by atomic mass is 19.3. The third kappa shape index (κ3) is 2.95. The van der Waals surface area contributed by atoms with E-state index >= 15 is 0 Å². The van der Waals surface area contributed by atoms with Crippen LogP contribution in [0, 0.1) is 0 Å². The first kappa shape index (κ1) is 17.3. The van der Waals surface area contributed by atoms with E-state index in [1.807, 2.05) is 0 Å². The predicted molar refractivity (Wildman–Crippen MR) is 84.3 cm³/mol. The zero-order valence-corrected chi connectivity index (χ0v) is 12.8. The van der Waals surface area contributed by atoms with Gasteiger partial charge in [0, 0.05) is 12.4 Å². The van der Waals surface area contributed by atoms with Crippen LogP contribution in [0.2, 0.25) is 0 Å². The number of nitrogens with two attached hydrogens (primary N) is 1. The molecule has 8 nitrogen and oxygen atoms in total. The Labute approximate surface area is 140 Å². The number of aromatic nitrogens is 2. The normalized spacial score (nSPS) is 27.7. The van der Waals surface area contributed by atoms with Crippen LogP contribution in [0.1, 0.15) is 11.8 Å². The lowest BCUT2D eigenvalue weighted by molar-refractivity contribution is -0.141. The standard InChI is InChI=1S/C15H16F2N4O4/c16-15(17)11(23)10(7-22)25-13(15)21-6-8(12(18)20-14(21)24)9-4-2-1-3-5-19-9/h1-6,10-11,13,19,22-23H,7H2,(H2,18,20,24)/t10-,11+,13-/m1/s1. The summed E-state index contributed by atoms with van der Waals surface area (Å²) in [6.45, 7) is -0.820. The predicted octanol–water partition coefficient (Wildman–Crippen LogP) is -0.275. The highest BCUT2D eigenvalue weighted by molar-refractivity contribution is 5.73. The summed E-state index contributed by atoms with van der Waals surface area (Å²) in [6, 6.07) is 0. The summed E-state index contributed by atoms with van der Waals surface area (Å²) in [5.41, 5.74) is 5.33. The van der Waals surface area contributed by atoms with E-state index in [2.05, 4.69) is 10.3 Å². The molecule has 5 N–H and O–H groups in total. The van der Waals surface area contributed by atoms with Gasteiger partial charge in [0.25, 0.3) is 0 Å². The number of nitrogen functional groups attached to an aromatic ring is 1. The summed E-state index contributed by atoms with van der Waals surface area (Å²) in [5.74, 6) is -3.94. The van der Waals surface area contributed by atoms with Crippen molar-refractivity contribution >= 4 is 11.5 Å². The molecular weight excluding hydrogens is 338 g/mol. The van der Waals surface area contributed by atoms with Gasteiger partial charge in [0.15, 0.2) is 6.10 Å². The first-order valence-electron chi connectivity index (χ1n) is 7.37. The summed E-state index contributed by atoms with van der Waals surface area (Å²) >= 11 is 0. The highest BCUT2D eigenvalue weighted by Crippen LogP contribution is 2.42. The maximum absolute atomic E-state index is 14.3. The van der Waals surface area contributed by atoms with Gasteiger partial charge < -0.3 is 26.0 Å². The summed E-state index contributed by atoms with van der Waals surface area (Å²) in [5, 5.41) is 21.6. The van der Waals surface area contributed by atoms with E-state index in [1.54, 1.807) is 30.5 Å². The molecular formula is C15H16F2N4O4. The fraction of sp³-hybridized carbons (Fsp3) is 0.333. The second-order valence-corrected chi connectivity index (χ2v) is 5.53. The van der Waals surface area contributed by atoms with Crippen molar-refractivity contribution in [2.24, 2.45) is 0 Å². The molecule has 2 aliphatic heterocycles. The maximum Gasteiger partial charge on any atom is 0.351 e. The third-order valence-electron chi connectivity index (χ3n) is 3.90. The van der Waals surface area contributed by atoms with Gasteiger partial charge in [-0.15, -0.1) is 0 Å². The molecule has 1 saturated heterocycles. The minimum atomic E-state index is -3.79. The summed E-state index contributed by atoms with van der Waals surface area (Å²) in [4.78, 5) is 15.6. The van der Waals surface area contributed by atoms with Crippen LogP contribution in [0.25, 0.3) is 5.70 Å². The van der Waals surface area contributed by atoms with Crippen molar-refractivity contribution in [3.8, 4) is 0 Å². The number of halogens is 2. The maximum atomic E-state index is 14.3. The number of ether oxygens (including phenoxy) is 1. The third-order valence-corrected chi connectivity index (χ3v) is 3.90. The Morgan fingerprint density at radius 3 is 2.84 bits per heavy atom. The van der Waals surface area contributed by atoms with Crippen LogP contribution in [0.5, 0.6) is 0 Å². The first-order chi connectivity index (χ1) is 11.9. The zero-order valence-electron chi connectivity index (χ0n) is 12.8. The van der Waals surface area contributed by atoms with Gasteiger partial charge in [0.05, 0.1) is 17.9 Å². The van der Waals surface area contributed by atoms with E-state index in [0.717, 1.165) is 6.20 Å². The molecule has 1 aromatic rings. The number of aliphatic hydroxyl groups excluding tert-OH is 2. The lowest BCUT2D eigenvalue weighted by atomic mass is 10.1. The van der Waals surface area contributed by atoms with Gasteiger partial charge in [-0.05, 0) is 12.2 Å². The van der Waals surface area contributed by atoms with Crippen LogP contribution in [-0.2, 0) is 4.74 Å². The molecule has 10 heteroatoms. The van der Waals surface area contributed by atoms with Crippen LogP contribution in [0.4, 0.5) is 14.6 Å². The van der Waals surface area contributed by atoms with Gasteiger partial charge in [0.2, 0.25) is 6.23 Å². The summed E-state index contributed by atoms with van der Waals surface area (Å²) < 4.78 is 34.1. The number of aliphatic hydroxyl groups is 2. The number of rotatable bonds is 3. The monoisotopic (exact) mass is 354 g/mol. The Morgan fingerprint density at radius 1 is 1.40 bits per heavy atom. The van der Waals surface area contributed by atoms with Crippen LogP contribution in [0.3, 0.4) is 0 Å². The Bertz CT molecular complexity index is 818. The topological polar surface area (TPSA) is 123 Å². The number of hydrogen-bond donors (Lipinski definition) is 4. The fourth-order valence-corrected chi connectivity index (χ4v) is 2.60. The van der Waals surface area contributed by atoms with Crippen LogP contribution in [-0.4, -0.2) is 44.5 Å². The molecule has 1 aromatic heterocycles. The average Bonchev–Trinajstić information content (AvgIpc) is 2.77. The first-order valence-corrected chi connectivity index (χ1v) is 7.37. The van der Waals surface area contributed by atoms with Gasteiger partial charge in [-0.1, -0.05) is 12.2 Å². The molecule has 2 aliphatic rings. The molecule has 134 valence electrons. The van der Waals surface area contributed by atoms with E-state index in [4.69, 9.17) is 15.6 Å². The van der Waals surface area contributed by atoms with Crippen molar-refractivity contribution in [3.05, 3.63) is 52.7 Å². The Morgan fingerprint density at radius 2 is 2.16 bits per heavy atom. The molecule has 0 bridgehead atoms. The van der Waals surface area contributed by atoms with Gasteiger partial charge >= 0.3 is 11.6 Å². The van der Waals surface area contributed by atoms with Gasteiger partial charge in [-0.2, -0.15) is 13.8 Å². The van der Waals surface area contributed by atoms with E-state index in [1.165, 1.54) is 0 Å². The van der Waals surface area contributed by atoms with Crippen LogP contribution >= 0.6 is 0 Å². The molecule has 0 amide bonds. The smallest absolute Gasteiger partial charge is 0.351 e. The second kappa shape index (κ2) is 6.39. The van der Waals surface area contributed by atoms with E-state index in [-0.39, 0.29) is 11.4 Å². The second-order valence-electron chi connectivity index (χ2n) is 5.53. The van der Waals surface area contributed by atoms with E-state index in [0.29, 0.717) is 10.3 Å². The minimum Gasteiger partial charge on any atom is -0.394 e. The Balaban J connectivity index is 2.07. The molecule has 25 heavy (non-hydrogen) atoms. The van der Waals surface area contributed by atoms with E-state index < -0.39 is 36.7 Å². The number of nitrogens with zero attached hydrogens (tertiary/aromatic N) is 2. The molecule has 3 rings (SSSR count). The quantitative estimate of drug-likeness (QED) is 0.589. The van der Waals surface area contributed by atoms with E-state index in [9.17, 15) is 18.7 Å². The zero-order chi connectivity index (χ0) is 18.2. The molecule has 0 aliphatic carbocycles. The SMILES string of the molecule is Nc1nc(=O)n([C@@H]2O[C@H](CO)[C@H](O)C2(F)F)cc1C1=CC=CC=CN1. The number of nitrogens with one attached hydrogen (secondary N) is 1.